The van der Waals surface area contributed by atoms with E-state index in [-0.39, 0.29) is 10.6 Å². The Kier molecular flexibility index (Phi) is 4.85. The average Bonchev–Trinajstić information content (AvgIpc) is 2.84. The first-order valence-corrected chi connectivity index (χ1v) is 6.78. The largest absolute Gasteiger partial charge is 0.492 e. The van der Waals surface area contributed by atoms with E-state index >= 15 is 0 Å². The van der Waals surface area contributed by atoms with Gasteiger partial charge in [-0.05, 0) is 12.1 Å². The first kappa shape index (κ1) is 14.2. The highest BCUT2D eigenvalue weighted by Gasteiger charge is 2.04. The standard InChI is InChI=1S/C12H13N3O4S/c16-12-14-9(8-20-12)7-13-5-6-19-11-3-1-10(2-4-11)15(17)18/h1-4,8,13H,5-7H2,(H,14,16). The van der Waals surface area contributed by atoms with Gasteiger partial charge in [-0.2, -0.15) is 0 Å². The van der Waals surface area contributed by atoms with E-state index in [0.29, 0.717) is 25.4 Å². The lowest BCUT2D eigenvalue weighted by molar-refractivity contribution is -0.384. The fourth-order valence-corrected chi connectivity index (χ4v) is 2.11. The number of thiazole rings is 1. The van der Waals surface area contributed by atoms with Crippen LogP contribution in [0.1, 0.15) is 5.69 Å². The monoisotopic (exact) mass is 295 g/mol. The summed E-state index contributed by atoms with van der Waals surface area (Å²) in [7, 11) is 0. The predicted molar refractivity (Wildman–Crippen MR) is 75.2 cm³/mol. The minimum atomic E-state index is -0.451. The smallest absolute Gasteiger partial charge is 0.304 e. The third kappa shape index (κ3) is 4.18. The summed E-state index contributed by atoms with van der Waals surface area (Å²) in [6, 6.07) is 5.93. The molecule has 0 atom stereocenters. The van der Waals surface area contributed by atoms with Crippen LogP contribution in [0, 0.1) is 10.1 Å². The van der Waals surface area contributed by atoms with Crippen molar-refractivity contribution in [1.29, 1.82) is 0 Å². The van der Waals surface area contributed by atoms with Gasteiger partial charge in [0.1, 0.15) is 12.4 Å². The number of nitrogens with zero attached hydrogens (tertiary/aromatic N) is 1. The highest BCUT2D eigenvalue weighted by Crippen LogP contribution is 2.16. The van der Waals surface area contributed by atoms with Gasteiger partial charge in [0, 0.05) is 36.3 Å². The zero-order valence-electron chi connectivity index (χ0n) is 10.5. The second-order valence-electron chi connectivity index (χ2n) is 3.95. The molecule has 1 aromatic carbocycles. The van der Waals surface area contributed by atoms with Gasteiger partial charge in [0.2, 0.25) is 0 Å². The van der Waals surface area contributed by atoms with Crippen molar-refractivity contribution in [3.05, 3.63) is 55.1 Å². The van der Waals surface area contributed by atoms with Crippen molar-refractivity contribution >= 4 is 17.0 Å². The topological polar surface area (TPSA) is 97.3 Å². The first-order valence-electron chi connectivity index (χ1n) is 5.90. The predicted octanol–water partition coefficient (Wildman–Crippen LogP) is 1.51. The van der Waals surface area contributed by atoms with Crippen molar-refractivity contribution in [2.75, 3.05) is 13.2 Å². The number of ether oxygens (including phenoxy) is 1. The van der Waals surface area contributed by atoms with Crippen molar-refractivity contribution in [2.24, 2.45) is 0 Å². The van der Waals surface area contributed by atoms with Crippen molar-refractivity contribution in [2.45, 2.75) is 6.54 Å². The highest BCUT2D eigenvalue weighted by molar-refractivity contribution is 7.07. The fourth-order valence-electron chi connectivity index (χ4n) is 1.53. The maximum Gasteiger partial charge on any atom is 0.304 e. The van der Waals surface area contributed by atoms with Gasteiger partial charge < -0.3 is 15.0 Å². The second kappa shape index (κ2) is 6.83. The average molecular weight is 295 g/mol. The van der Waals surface area contributed by atoms with Gasteiger partial charge in [-0.15, -0.1) is 0 Å². The maximum atomic E-state index is 10.9. The van der Waals surface area contributed by atoms with E-state index in [0.717, 1.165) is 17.0 Å². The van der Waals surface area contributed by atoms with Crippen LogP contribution in [0.25, 0.3) is 0 Å². The summed E-state index contributed by atoms with van der Waals surface area (Å²) in [5.41, 5.74) is 0.882. The molecule has 2 aromatic rings. The molecule has 2 N–H and O–H groups in total. The number of aromatic amines is 1. The van der Waals surface area contributed by atoms with Crippen LogP contribution in [0.15, 0.2) is 34.4 Å². The van der Waals surface area contributed by atoms with Crippen LogP contribution in [0.2, 0.25) is 0 Å². The Morgan fingerprint density at radius 1 is 1.35 bits per heavy atom. The van der Waals surface area contributed by atoms with Gasteiger partial charge in [0.15, 0.2) is 0 Å². The van der Waals surface area contributed by atoms with E-state index in [4.69, 9.17) is 4.74 Å². The quantitative estimate of drug-likeness (QED) is 0.458. The van der Waals surface area contributed by atoms with Crippen LogP contribution in [0.5, 0.6) is 5.75 Å². The SMILES string of the molecule is O=c1[nH]c(CNCCOc2ccc([N+](=O)[O-])cc2)cs1. The van der Waals surface area contributed by atoms with E-state index in [1.165, 1.54) is 12.1 Å². The van der Waals surface area contributed by atoms with Gasteiger partial charge in [0.25, 0.3) is 5.69 Å². The third-order valence-corrected chi connectivity index (χ3v) is 3.20. The molecular formula is C12H13N3O4S. The Hall–Kier alpha value is -2.19. The lowest BCUT2D eigenvalue weighted by atomic mass is 10.3. The van der Waals surface area contributed by atoms with Crippen LogP contribution >= 0.6 is 11.3 Å². The van der Waals surface area contributed by atoms with Gasteiger partial charge in [-0.3, -0.25) is 14.9 Å². The molecule has 2 rings (SSSR count). The fraction of sp³-hybridized carbons (Fsp3) is 0.250. The molecule has 7 nitrogen and oxygen atoms in total. The van der Waals surface area contributed by atoms with Crippen molar-refractivity contribution in [1.82, 2.24) is 10.3 Å². The molecule has 1 aromatic heterocycles. The summed E-state index contributed by atoms with van der Waals surface area (Å²) in [5, 5.41) is 15.4. The molecule has 0 aliphatic carbocycles. The Labute approximate surface area is 118 Å². The van der Waals surface area contributed by atoms with Crippen molar-refractivity contribution in [3.8, 4) is 5.75 Å². The Bertz CT molecular complexity index is 620. The molecule has 106 valence electrons. The molecule has 1 heterocycles. The minimum absolute atomic E-state index is 0.0388. The van der Waals surface area contributed by atoms with Crippen LogP contribution < -0.4 is 14.9 Å². The number of H-pyrrole nitrogens is 1. The molecule has 0 aliphatic heterocycles. The van der Waals surface area contributed by atoms with Crippen LogP contribution in [0.4, 0.5) is 5.69 Å². The summed E-state index contributed by atoms with van der Waals surface area (Å²) in [6.07, 6.45) is 0. The van der Waals surface area contributed by atoms with Gasteiger partial charge in [0.05, 0.1) is 4.92 Å². The summed E-state index contributed by atoms with van der Waals surface area (Å²) in [5.74, 6) is 0.585. The number of rotatable bonds is 7. The zero-order valence-corrected chi connectivity index (χ0v) is 11.3. The molecule has 0 saturated carbocycles. The maximum absolute atomic E-state index is 10.9. The summed E-state index contributed by atoms with van der Waals surface area (Å²) >= 11 is 1.13. The number of benzene rings is 1. The van der Waals surface area contributed by atoms with Crippen molar-refractivity contribution in [3.63, 3.8) is 0 Å². The summed E-state index contributed by atoms with van der Waals surface area (Å²) < 4.78 is 5.43. The minimum Gasteiger partial charge on any atom is -0.492 e. The molecule has 0 saturated heterocycles. The number of aromatic nitrogens is 1. The van der Waals surface area contributed by atoms with Gasteiger partial charge in [-0.1, -0.05) is 11.3 Å². The van der Waals surface area contributed by atoms with Crippen LogP contribution in [0.3, 0.4) is 0 Å². The number of hydrogen-bond donors (Lipinski definition) is 2. The Morgan fingerprint density at radius 2 is 2.10 bits per heavy atom. The third-order valence-electron chi connectivity index (χ3n) is 2.48. The molecule has 0 bridgehead atoms. The van der Waals surface area contributed by atoms with Crippen molar-refractivity contribution < 1.29 is 9.66 Å². The number of non-ortho nitro benzene ring substituents is 1. The lowest BCUT2D eigenvalue weighted by Crippen LogP contribution is -2.21. The molecule has 0 radical (unpaired) electrons. The highest BCUT2D eigenvalue weighted by atomic mass is 32.1. The molecule has 0 aliphatic rings. The Morgan fingerprint density at radius 3 is 2.70 bits per heavy atom. The molecule has 20 heavy (non-hydrogen) atoms. The molecule has 0 unspecified atom stereocenters. The first-order chi connectivity index (χ1) is 9.65. The second-order valence-corrected chi connectivity index (χ2v) is 4.79. The number of nitro groups is 1. The number of nitrogens with one attached hydrogen (secondary N) is 2. The summed E-state index contributed by atoms with van der Waals surface area (Å²) in [4.78, 5) is 23.6. The normalized spacial score (nSPS) is 10.4. The number of hydrogen-bond acceptors (Lipinski definition) is 6. The van der Waals surface area contributed by atoms with Gasteiger partial charge >= 0.3 is 4.87 Å². The van der Waals surface area contributed by atoms with Crippen LogP contribution in [-0.4, -0.2) is 23.1 Å². The van der Waals surface area contributed by atoms with E-state index in [9.17, 15) is 14.9 Å². The van der Waals surface area contributed by atoms with E-state index < -0.39 is 4.92 Å². The van der Waals surface area contributed by atoms with Gasteiger partial charge in [-0.25, -0.2) is 0 Å². The van der Waals surface area contributed by atoms with E-state index in [2.05, 4.69) is 10.3 Å². The lowest BCUT2D eigenvalue weighted by Gasteiger charge is -2.06. The molecule has 8 heteroatoms. The molecule has 0 fully saturated rings. The molecule has 0 spiro atoms. The molecular weight excluding hydrogens is 282 g/mol. The Balaban J connectivity index is 1.68. The zero-order chi connectivity index (χ0) is 14.4. The van der Waals surface area contributed by atoms with E-state index in [1.807, 2.05) is 0 Å². The molecule has 0 amide bonds. The number of nitro benzene ring substituents is 1. The summed E-state index contributed by atoms with van der Waals surface area (Å²) in [6.45, 7) is 1.61. The van der Waals surface area contributed by atoms with Crippen LogP contribution in [-0.2, 0) is 6.54 Å². The van der Waals surface area contributed by atoms with E-state index in [1.54, 1.807) is 17.5 Å².